The first-order valence-corrected chi connectivity index (χ1v) is 37.1. The van der Waals surface area contributed by atoms with E-state index in [-0.39, 0.29) is 39.6 Å². The van der Waals surface area contributed by atoms with Crippen molar-refractivity contribution >= 4 is 108 Å². The van der Waals surface area contributed by atoms with Gasteiger partial charge in [0.05, 0.1) is 34.3 Å². The van der Waals surface area contributed by atoms with Gasteiger partial charge >= 0.3 is 287 Å². The molecule has 0 aliphatic heterocycles. The number of halogens is 1. The summed E-state index contributed by atoms with van der Waals surface area (Å²) in [5, 5.41) is 25.5. The van der Waals surface area contributed by atoms with Gasteiger partial charge < -0.3 is 29.0 Å². The van der Waals surface area contributed by atoms with Gasteiger partial charge in [0.15, 0.2) is 5.88 Å². The van der Waals surface area contributed by atoms with Crippen molar-refractivity contribution in [3.63, 3.8) is 0 Å². The normalized spacial score (nSPS) is 10.6. The van der Waals surface area contributed by atoms with Crippen LogP contribution in [-0.4, -0.2) is 157 Å². The minimum Gasteiger partial charge on any atom is 0 e. The van der Waals surface area contributed by atoms with Gasteiger partial charge in [-0.15, -0.1) is 11.3 Å². The number of benzene rings is 5. The molecule has 0 N–H and O–H groups in total. The van der Waals surface area contributed by atoms with Gasteiger partial charge in [0.2, 0.25) is 17.0 Å². The molecule has 10 heterocycles. The second-order valence-electron chi connectivity index (χ2n) is 22.2. The summed E-state index contributed by atoms with van der Waals surface area (Å²) in [4.78, 5) is 26.8. The number of aryl methyl sites for hydroxylation is 6. The molecule has 0 bridgehead atoms. The van der Waals surface area contributed by atoms with Crippen molar-refractivity contribution in [1.29, 1.82) is 0 Å². The van der Waals surface area contributed by atoms with Crippen molar-refractivity contribution < 1.29 is 54.1 Å². The fraction of sp³-hybridized carbons (Fsp3) is 0.186. The fourth-order valence-electron chi connectivity index (χ4n) is 10.6. The molecule has 0 fully saturated rings. The van der Waals surface area contributed by atoms with Crippen LogP contribution in [0.3, 0.4) is 0 Å². The van der Waals surface area contributed by atoms with Gasteiger partial charge in [-0.2, -0.15) is 20.0 Å². The van der Waals surface area contributed by atoms with E-state index in [4.69, 9.17) is 45.4 Å². The first kappa shape index (κ1) is 78.0. The van der Waals surface area contributed by atoms with E-state index < -0.39 is 6.67 Å². The molecule has 0 aliphatic carbocycles. The van der Waals surface area contributed by atoms with Crippen LogP contribution in [0, 0.1) is 20.8 Å². The molecule has 10 aromatic heterocycles. The molecule has 0 saturated carbocycles. The van der Waals surface area contributed by atoms with Crippen LogP contribution >= 0.6 is 11.3 Å². The summed E-state index contributed by atoms with van der Waals surface area (Å²) in [5.74, 6) is 4.79. The number of para-hydroxylation sites is 4. The maximum Gasteiger partial charge on any atom is 0 e. The second-order valence-corrected chi connectivity index (χ2v) is 25.5. The SMILES string of the molecule is CCCc1ccc2c(c1)nc(-n1nc(C)cc1[S-])n2-c1ccccc1.CCc1cn(-c2ccccc2)c(-n2nc(C)cc2[O][InH])n1.CCc1cn(-c2ccccc2)c(-n2nccc2[O][AlH])n1.CCc1csc(-n2ncnc2[S-])n1.Cc1c(CF)nc(-n2nccc2[O][GaH])n1-c1ccccc1.[Ir].[Rh]. The molecule has 0 unspecified atom stereocenters. The van der Waals surface area contributed by atoms with E-state index in [2.05, 4.69) is 131 Å². The van der Waals surface area contributed by atoms with Gasteiger partial charge in [0, 0.05) is 73.8 Å². The van der Waals surface area contributed by atoms with Gasteiger partial charge in [0.25, 0.3) is 0 Å². The van der Waals surface area contributed by atoms with Crippen molar-refractivity contribution in [3.05, 3.63) is 246 Å². The Labute approximate surface area is 665 Å². The van der Waals surface area contributed by atoms with Crippen LogP contribution in [0.1, 0.15) is 79.5 Å². The topological polar surface area (TPSA) is 214 Å². The summed E-state index contributed by atoms with van der Waals surface area (Å²) in [6.07, 6.45) is 13.7. The number of thiazole rings is 1. The summed E-state index contributed by atoms with van der Waals surface area (Å²) < 4.78 is 46.0. The Morgan fingerprint density at radius 2 is 1.09 bits per heavy atom. The Bertz CT molecular complexity index is 5120. The number of nitrogens with zero attached hydrogens (tertiary/aromatic N) is 20. The maximum atomic E-state index is 13.2. The molecule has 5 aromatic carbocycles. The zero-order chi connectivity index (χ0) is 70.2. The van der Waals surface area contributed by atoms with Crippen molar-refractivity contribution in [3.8, 4) is 69.3 Å². The maximum absolute atomic E-state index is 13.2. The quantitative estimate of drug-likeness (QED) is 0.0577. The number of aromatic nitrogens is 20. The van der Waals surface area contributed by atoms with Gasteiger partial charge in [-0.05, 0) is 74.2 Å². The number of rotatable bonds is 18. The molecular formula is C70H69AlFGaInIrN20O3RhS3-2. The summed E-state index contributed by atoms with van der Waals surface area (Å²) in [6.45, 7) is 13.6. The van der Waals surface area contributed by atoms with Crippen LogP contribution in [0.25, 0.3) is 62.7 Å². The van der Waals surface area contributed by atoms with Crippen molar-refractivity contribution in [2.45, 2.75) is 97.4 Å². The Kier molecular flexibility index (Phi) is 28.6. The smallest absolute Gasteiger partial charge is 0 e. The van der Waals surface area contributed by atoms with Crippen LogP contribution in [0.2, 0.25) is 0 Å². The molecule has 102 heavy (non-hydrogen) atoms. The van der Waals surface area contributed by atoms with Gasteiger partial charge in [-0.3, -0.25) is 9.13 Å². The Morgan fingerprint density at radius 1 is 0.559 bits per heavy atom. The number of fused-ring (bicyclic) bond motifs is 1. The summed E-state index contributed by atoms with van der Waals surface area (Å²) >= 11 is 14.4. The molecule has 15 aromatic rings. The number of alkyl halides is 1. The van der Waals surface area contributed by atoms with E-state index >= 15 is 0 Å². The van der Waals surface area contributed by atoms with E-state index in [1.165, 1.54) is 39.9 Å². The van der Waals surface area contributed by atoms with Gasteiger partial charge in [-0.1, -0.05) is 74.7 Å². The minimum atomic E-state index is -0.615. The standard InChI is InChI=1S/C20H20N4S.C15H16N4O.C14H13FN4O.C14H14N4O.C7H8N4S2.Al.Ga.In.Ir.Rh.3H/c1-3-7-15-10-11-18-17(13-15)21-20(24-19(25)12-14(2)22-24)23(18)16-8-5-4-6-9-16;1-3-12-10-18(13-7-5-4-6-8-13)15(16-12)19-14(20)9-11(2)17-19;1-10-12(9-15)17-14(19-13(20)7-8-16-19)18(10)11-5-3-2-4-6-11;1-2-11-10-17(12-6-4-3-5-7-12)14(16-11)18-13(19)8-9-15-18;1-2-5-3-13-7(10-5)11-6(12)8-4-9-11;;;;;;;;/h4-6,8-13,25H,3,7H2,1-2H3;4-10,20H,3H2,1-2H3;2-8,20H,9H2,1H3;3-10,19H,2H2,1H3;3-4H,2H2,1H3,(H,8,9,12);;;;;;;;/q;;;;;3*+1;;;;;/p-5. The average molecular weight is 1860 g/mol. The third-order valence-electron chi connectivity index (χ3n) is 15.5. The molecule has 23 nitrogen and oxygen atoms in total. The molecular weight excluding hydrogens is 1790 g/mol. The predicted molar refractivity (Wildman–Crippen MR) is 393 cm³/mol. The Hall–Kier alpha value is -8.11. The number of hydrogen-bond acceptors (Lipinski definition) is 17. The zero-order valence-electron chi connectivity index (χ0n) is 56.9. The zero-order valence-corrected chi connectivity index (χ0v) is 71.8. The molecule has 0 atom stereocenters. The van der Waals surface area contributed by atoms with E-state index in [1.54, 1.807) is 41.9 Å². The molecule has 0 spiro atoms. The van der Waals surface area contributed by atoms with Crippen LogP contribution < -0.4 is 10.2 Å². The number of hydrogen-bond donors (Lipinski definition) is 0. The second kappa shape index (κ2) is 37.4. The molecule has 0 aliphatic rings. The van der Waals surface area contributed by atoms with Gasteiger partial charge in [0.1, 0.15) is 6.33 Å². The molecule has 0 amide bonds. The predicted octanol–water partition coefficient (Wildman–Crippen LogP) is 11.5. The Balaban J connectivity index is 0.000000149. The largest absolute Gasteiger partial charge is 0 e. The van der Waals surface area contributed by atoms with E-state index in [0.29, 0.717) is 77.4 Å². The summed E-state index contributed by atoms with van der Waals surface area (Å²) in [7, 11) is 0. The van der Waals surface area contributed by atoms with Crippen LogP contribution in [0.15, 0.2) is 210 Å². The number of imidazole rings is 4. The third kappa shape index (κ3) is 18.1. The third-order valence-corrected chi connectivity index (χ3v) is 18.7. The first-order valence-electron chi connectivity index (χ1n) is 32.0. The van der Waals surface area contributed by atoms with Crippen LogP contribution in [-0.2, 0) is 97.2 Å². The summed E-state index contributed by atoms with van der Waals surface area (Å²) in [5.41, 5.74) is 13.5. The van der Waals surface area contributed by atoms with E-state index in [1.807, 2.05) is 157 Å². The monoisotopic (exact) mass is 1860 g/mol. The minimum absolute atomic E-state index is 0. The molecule has 521 valence electrons. The molecule has 32 heteroatoms. The summed E-state index contributed by atoms with van der Waals surface area (Å²) in [6, 6.07) is 54.1. The Morgan fingerprint density at radius 3 is 1.59 bits per heavy atom. The van der Waals surface area contributed by atoms with Crippen molar-refractivity contribution in [2.24, 2.45) is 0 Å². The molecule has 5 radical (unpaired) electrons. The van der Waals surface area contributed by atoms with E-state index in [9.17, 15) is 4.39 Å². The average Bonchev–Trinajstić information content (AvgIpc) is 1.61. The van der Waals surface area contributed by atoms with Gasteiger partial charge in [-0.25, -0.2) is 29.3 Å². The fourth-order valence-corrected chi connectivity index (χ4v) is 13.3. The van der Waals surface area contributed by atoms with Crippen LogP contribution in [0.4, 0.5) is 4.39 Å². The van der Waals surface area contributed by atoms with Crippen molar-refractivity contribution in [1.82, 2.24) is 97.1 Å². The van der Waals surface area contributed by atoms with Crippen molar-refractivity contribution in [2.75, 3.05) is 0 Å². The first-order chi connectivity index (χ1) is 48.8. The van der Waals surface area contributed by atoms with Crippen LogP contribution in [0.5, 0.6) is 17.6 Å². The molecule has 15 rings (SSSR count). The molecule has 0 saturated heterocycles. The van der Waals surface area contributed by atoms with E-state index in [0.717, 1.165) is 129 Å².